The van der Waals surface area contributed by atoms with Gasteiger partial charge in [-0.1, -0.05) is 30.5 Å². The van der Waals surface area contributed by atoms with Crippen LogP contribution < -0.4 is 4.90 Å². The molecule has 2 heterocycles. The molecule has 0 atom stereocenters. The van der Waals surface area contributed by atoms with Gasteiger partial charge in [0.05, 0.1) is 22.9 Å². The Morgan fingerprint density at radius 2 is 1.77 bits per heavy atom. The van der Waals surface area contributed by atoms with Crippen molar-refractivity contribution in [2.24, 2.45) is 0 Å². The SMILES string of the molecule is O=C1CSc2ccc(S(=O)(=O)N3CCCCCC3)cc2N1Cc1ccc(F)cc1Cl. The van der Waals surface area contributed by atoms with Gasteiger partial charge in [-0.05, 0) is 48.7 Å². The number of benzene rings is 2. The van der Waals surface area contributed by atoms with Crippen LogP contribution in [0, 0.1) is 5.82 Å². The number of fused-ring (bicyclic) bond motifs is 1. The summed E-state index contributed by atoms with van der Waals surface area (Å²) in [6.07, 6.45) is 3.78. The number of carbonyl (C=O) groups is 1. The summed E-state index contributed by atoms with van der Waals surface area (Å²) in [5, 5.41) is 0.232. The summed E-state index contributed by atoms with van der Waals surface area (Å²) in [7, 11) is -3.64. The van der Waals surface area contributed by atoms with Crippen LogP contribution in [0.4, 0.5) is 10.1 Å². The predicted molar refractivity (Wildman–Crippen MR) is 117 cm³/mol. The number of sulfonamides is 1. The number of anilines is 1. The van der Waals surface area contributed by atoms with E-state index in [1.165, 1.54) is 28.8 Å². The molecule has 160 valence electrons. The Bertz CT molecular complexity index is 1070. The molecular weight excluding hydrogens is 447 g/mol. The van der Waals surface area contributed by atoms with Gasteiger partial charge in [-0.3, -0.25) is 4.79 Å². The van der Waals surface area contributed by atoms with Crippen LogP contribution in [0.1, 0.15) is 31.2 Å². The normalized spacial score (nSPS) is 18.2. The van der Waals surface area contributed by atoms with Gasteiger partial charge in [-0.15, -0.1) is 11.8 Å². The number of hydrogen-bond donors (Lipinski definition) is 0. The third-order valence-electron chi connectivity index (χ3n) is 5.42. The van der Waals surface area contributed by atoms with Crippen molar-refractivity contribution in [1.82, 2.24) is 4.31 Å². The van der Waals surface area contributed by atoms with Crippen molar-refractivity contribution in [3.63, 3.8) is 0 Å². The van der Waals surface area contributed by atoms with Crippen molar-refractivity contribution in [2.75, 3.05) is 23.7 Å². The molecule has 30 heavy (non-hydrogen) atoms. The first kappa shape index (κ1) is 21.6. The average molecular weight is 469 g/mol. The van der Waals surface area contributed by atoms with Gasteiger partial charge in [0.2, 0.25) is 15.9 Å². The molecule has 2 aliphatic heterocycles. The summed E-state index contributed by atoms with van der Waals surface area (Å²) in [4.78, 5) is 15.2. The van der Waals surface area contributed by atoms with Gasteiger partial charge >= 0.3 is 0 Å². The zero-order valence-electron chi connectivity index (χ0n) is 16.3. The van der Waals surface area contributed by atoms with Crippen molar-refractivity contribution < 1.29 is 17.6 Å². The highest BCUT2D eigenvalue weighted by atomic mass is 35.5. The summed E-state index contributed by atoms with van der Waals surface area (Å²) >= 11 is 7.54. The summed E-state index contributed by atoms with van der Waals surface area (Å²) in [6, 6.07) is 9.01. The molecule has 1 amide bonds. The van der Waals surface area contributed by atoms with Crippen LogP contribution >= 0.6 is 23.4 Å². The van der Waals surface area contributed by atoms with E-state index in [9.17, 15) is 17.6 Å². The van der Waals surface area contributed by atoms with Gasteiger partial charge in [0.1, 0.15) is 5.82 Å². The van der Waals surface area contributed by atoms with E-state index in [4.69, 9.17) is 11.6 Å². The molecule has 0 aromatic heterocycles. The highest BCUT2D eigenvalue weighted by Crippen LogP contribution is 2.39. The molecule has 2 aromatic carbocycles. The van der Waals surface area contributed by atoms with E-state index in [0.29, 0.717) is 24.3 Å². The van der Waals surface area contributed by atoms with E-state index in [1.54, 1.807) is 28.6 Å². The number of carbonyl (C=O) groups excluding carboxylic acids is 1. The fourth-order valence-corrected chi connectivity index (χ4v) is 6.45. The van der Waals surface area contributed by atoms with Crippen molar-refractivity contribution in [3.05, 3.63) is 52.8 Å². The first-order valence-corrected chi connectivity index (χ1v) is 12.7. The average Bonchev–Trinajstić information content (AvgIpc) is 3.01. The molecule has 9 heteroatoms. The Balaban J connectivity index is 1.69. The molecule has 2 aliphatic rings. The first-order valence-electron chi connectivity index (χ1n) is 9.87. The molecule has 2 aromatic rings. The van der Waals surface area contributed by atoms with Crippen LogP contribution in [0.15, 0.2) is 46.2 Å². The molecule has 1 fully saturated rings. The number of rotatable bonds is 4. The van der Waals surface area contributed by atoms with Crippen molar-refractivity contribution in [3.8, 4) is 0 Å². The lowest BCUT2D eigenvalue weighted by Gasteiger charge is -2.30. The lowest BCUT2D eigenvalue weighted by Crippen LogP contribution is -2.36. The monoisotopic (exact) mass is 468 g/mol. The van der Waals surface area contributed by atoms with Gasteiger partial charge in [-0.25, -0.2) is 12.8 Å². The van der Waals surface area contributed by atoms with E-state index in [0.717, 1.165) is 30.6 Å². The smallest absolute Gasteiger partial charge is 0.243 e. The minimum absolute atomic E-state index is 0.141. The van der Waals surface area contributed by atoms with Crippen LogP contribution in [0.3, 0.4) is 0 Å². The summed E-state index contributed by atoms with van der Waals surface area (Å²) in [5.41, 5.74) is 1.15. The second-order valence-corrected chi connectivity index (χ2v) is 10.8. The summed E-state index contributed by atoms with van der Waals surface area (Å²) in [5.74, 6) is -0.336. The number of halogens is 2. The van der Waals surface area contributed by atoms with Gasteiger partial charge in [0, 0.05) is 23.0 Å². The molecule has 5 nitrogen and oxygen atoms in total. The second-order valence-electron chi connectivity index (χ2n) is 7.45. The minimum Gasteiger partial charge on any atom is -0.306 e. The Kier molecular flexibility index (Phi) is 6.39. The Morgan fingerprint density at radius 1 is 1.03 bits per heavy atom. The van der Waals surface area contributed by atoms with Crippen molar-refractivity contribution >= 4 is 45.0 Å². The second kappa shape index (κ2) is 8.86. The zero-order chi connectivity index (χ0) is 21.3. The molecule has 4 rings (SSSR count). The third kappa shape index (κ3) is 4.37. The minimum atomic E-state index is -3.64. The maximum Gasteiger partial charge on any atom is 0.243 e. The quantitative estimate of drug-likeness (QED) is 0.653. The number of amides is 1. The standard InChI is InChI=1S/C21H22ClFN2O3S2/c22-18-11-16(23)6-5-15(18)13-25-19-12-17(7-8-20(19)29-14-21(25)26)30(27,28)24-9-3-1-2-4-10-24/h5-8,11-12H,1-4,9-10,13-14H2. The molecule has 0 aliphatic carbocycles. The fourth-order valence-electron chi connectivity index (χ4n) is 3.77. The molecular formula is C21H22ClFN2O3S2. The number of thioether (sulfide) groups is 1. The molecule has 0 radical (unpaired) electrons. The van der Waals surface area contributed by atoms with Gasteiger partial charge < -0.3 is 4.90 Å². The largest absolute Gasteiger partial charge is 0.306 e. The highest BCUT2D eigenvalue weighted by molar-refractivity contribution is 8.00. The van der Waals surface area contributed by atoms with Crippen LogP contribution in [-0.2, 0) is 21.4 Å². The van der Waals surface area contributed by atoms with Crippen LogP contribution in [0.2, 0.25) is 5.02 Å². The highest BCUT2D eigenvalue weighted by Gasteiger charge is 2.30. The lowest BCUT2D eigenvalue weighted by molar-refractivity contribution is -0.116. The molecule has 0 N–H and O–H groups in total. The third-order valence-corrected chi connectivity index (χ3v) is 8.71. The van der Waals surface area contributed by atoms with E-state index in [-0.39, 0.29) is 28.1 Å². The number of hydrogen-bond acceptors (Lipinski definition) is 4. The van der Waals surface area contributed by atoms with E-state index in [1.807, 2.05) is 0 Å². The number of nitrogens with zero attached hydrogens (tertiary/aromatic N) is 2. The van der Waals surface area contributed by atoms with Gasteiger partial charge in [0.15, 0.2) is 0 Å². The van der Waals surface area contributed by atoms with Crippen LogP contribution in [0.25, 0.3) is 0 Å². The van der Waals surface area contributed by atoms with E-state index in [2.05, 4.69) is 0 Å². The molecule has 0 unspecified atom stereocenters. The summed E-state index contributed by atoms with van der Waals surface area (Å²) in [6.45, 7) is 1.18. The van der Waals surface area contributed by atoms with Crippen LogP contribution in [-0.4, -0.2) is 37.5 Å². The Morgan fingerprint density at radius 3 is 2.47 bits per heavy atom. The Hall–Kier alpha value is -1.61. The van der Waals surface area contributed by atoms with E-state index >= 15 is 0 Å². The Labute approximate surface area is 185 Å². The fraction of sp³-hybridized carbons (Fsp3) is 0.381. The van der Waals surface area contributed by atoms with E-state index < -0.39 is 15.8 Å². The summed E-state index contributed by atoms with van der Waals surface area (Å²) < 4.78 is 41.4. The van der Waals surface area contributed by atoms with Crippen molar-refractivity contribution in [1.29, 1.82) is 0 Å². The molecule has 0 spiro atoms. The lowest BCUT2D eigenvalue weighted by atomic mass is 10.2. The van der Waals surface area contributed by atoms with Gasteiger partial charge in [0.25, 0.3) is 0 Å². The molecule has 0 saturated carbocycles. The maximum atomic E-state index is 13.4. The predicted octanol–water partition coefficient (Wildman–Crippen LogP) is 4.68. The maximum absolute atomic E-state index is 13.4. The molecule has 0 bridgehead atoms. The topological polar surface area (TPSA) is 57.7 Å². The van der Waals surface area contributed by atoms with Crippen molar-refractivity contribution in [2.45, 2.75) is 42.0 Å². The molecule has 1 saturated heterocycles. The first-order chi connectivity index (χ1) is 14.4. The van der Waals surface area contributed by atoms with Crippen LogP contribution in [0.5, 0.6) is 0 Å². The van der Waals surface area contributed by atoms with Gasteiger partial charge in [-0.2, -0.15) is 4.31 Å². The zero-order valence-corrected chi connectivity index (χ0v) is 18.7.